The Kier molecular flexibility index (Phi) is 3.84. The summed E-state index contributed by atoms with van der Waals surface area (Å²) in [5.41, 5.74) is 4.81. The maximum Gasteiger partial charge on any atom is 0.312 e. The van der Waals surface area contributed by atoms with Crippen molar-refractivity contribution in [3.05, 3.63) is 13.8 Å². The molecule has 1 atom stereocenters. The third-order valence-corrected chi connectivity index (χ3v) is 0.899. The van der Waals surface area contributed by atoms with E-state index in [1.807, 2.05) is 0 Å². The highest BCUT2D eigenvalue weighted by molar-refractivity contribution is 5.72. The van der Waals surface area contributed by atoms with Gasteiger partial charge in [0.15, 0.2) is 0 Å². The average Bonchev–Trinajstić information content (AvgIpc) is 1.63. The van der Waals surface area contributed by atoms with E-state index in [0.717, 1.165) is 12.8 Å². The molecule has 0 bridgehead atoms. The Labute approximate surface area is 55.6 Å². The summed E-state index contributed by atoms with van der Waals surface area (Å²) in [5.74, 6) is 0. The molecule has 0 rings (SSSR count). The quantitative estimate of drug-likeness (QED) is 0.570. The monoisotopic (exact) mass is 128 g/mol. The Morgan fingerprint density at radius 3 is 2.67 bits per heavy atom. The lowest BCUT2D eigenvalue weighted by molar-refractivity contribution is 0.246. The molecule has 0 aliphatic carbocycles. The molecule has 0 saturated carbocycles. The number of primary amides is 1. The van der Waals surface area contributed by atoms with Gasteiger partial charge >= 0.3 is 6.03 Å². The van der Waals surface area contributed by atoms with E-state index >= 15 is 0 Å². The predicted molar refractivity (Wildman–Crippen MR) is 36.5 cm³/mol. The molecule has 0 aliphatic rings. The molecule has 9 heavy (non-hydrogen) atoms. The molecule has 3 nitrogen and oxygen atoms in total. The van der Waals surface area contributed by atoms with Crippen molar-refractivity contribution in [2.24, 2.45) is 5.73 Å². The van der Waals surface area contributed by atoms with Gasteiger partial charge in [0, 0.05) is 6.04 Å². The fourth-order valence-electron chi connectivity index (χ4n) is 0.520. The lowest BCUT2D eigenvalue weighted by atomic mass is 10.2. The van der Waals surface area contributed by atoms with Gasteiger partial charge in [-0.05, 0) is 13.3 Å². The zero-order valence-corrected chi connectivity index (χ0v) is 5.39. The molecule has 0 unspecified atom stereocenters. The van der Waals surface area contributed by atoms with E-state index < -0.39 is 6.03 Å². The molecule has 0 saturated heterocycles. The average molecular weight is 128 g/mol. The van der Waals surface area contributed by atoms with E-state index in [1.54, 1.807) is 0 Å². The van der Waals surface area contributed by atoms with Crippen molar-refractivity contribution in [3.63, 3.8) is 0 Å². The Bertz CT molecular complexity index is 93.1. The van der Waals surface area contributed by atoms with Crippen molar-refractivity contribution >= 4 is 6.03 Å². The van der Waals surface area contributed by atoms with E-state index in [4.69, 9.17) is 5.73 Å². The Morgan fingerprint density at radius 2 is 2.33 bits per heavy atom. The van der Waals surface area contributed by atoms with Crippen molar-refractivity contribution in [3.8, 4) is 0 Å². The lowest BCUT2D eigenvalue weighted by Crippen LogP contribution is -2.36. The molecule has 3 N–H and O–H groups in total. The fourth-order valence-corrected chi connectivity index (χ4v) is 0.520. The van der Waals surface area contributed by atoms with Gasteiger partial charge < -0.3 is 11.1 Å². The molecule has 2 amide bonds. The first-order valence-electron chi connectivity index (χ1n) is 2.85. The number of nitrogens with one attached hydrogen (secondary N) is 1. The second-order valence-corrected chi connectivity index (χ2v) is 1.85. The number of nitrogens with two attached hydrogens (primary N) is 1. The topological polar surface area (TPSA) is 55.1 Å². The molecule has 2 radical (unpaired) electrons. The standard InChI is InChI=1S/C6H12N2O/c1-3-4-5(2)8-6(7)9/h5H,1-4H2,(H3,7,8,9)/t5-/m1/s1. The highest BCUT2D eigenvalue weighted by atomic mass is 16.2. The van der Waals surface area contributed by atoms with Gasteiger partial charge in [-0.1, -0.05) is 13.3 Å². The molecule has 52 valence electrons. The van der Waals surface area contributed by atoms with Crippen molar-refractivity contribution in [2.45, 2.75) is 18.9 Å². The predicted octanol–water partition coefficient (Wildman–Crippen LogP) is 0.472. The second-order valence-electron chi connectivity index (χ2n) is 1.85. The highest BCUT2D eigenvalue weighted by Gasteiger charge is 1.99. The largest absolute Gasteiger partial charge is 0.352 e. The second kappa shape index (κ2) is 4.18. The van der Waals surface area contributed by atoms with Gasteiger partial charge in [-0.3, -0.25) is 0 Å². The third-order valence-electron chi connectivity index (χ3n) is 0.899. The van der Waals surface area contributed by atoms with Crippen LogP contribution in [-0.4, -0.2) is 12.1 Å². The van der Waals surface area contributed by atoms with E-state index in [-0.39, 0.29) is 6.04 Å². The Hall–Kier alpha value is -0.730. The van der Waals surface area contributed by atoms with Crippen molar-refractivity contribution in [1.29, 1.82) is 0 Å². The molecule has 0 aromatic rings. The summed E-state index contributed by atoms with van der Waals surface area (Å²) >= 11 is 0. The summed E-state index contributed by atoms with van der Waals surface area (Å²) in [6, 6.07) is -0.622. The maximum absolute atomic E-state index is 10.1. The SMILES string of the molecule is [CH2]CC[C@@H]([CH2])NC(N)=O. The van der Waals surface area contributed by atoms with Crippen molar-refractivity contribution < 1.29 is 4.79 Å². The fraction of sp³-hybridized carbons (Fsp3) is 0.500. The maximum atomic E-state index is 10.1. The van der Waals surface area contributed by atoms with Gasteiger partial charge in [-0.15, -0.1) is 0 Å². The van der Waals surface area contributed by atoms with E-state index in [9.17, 15) is 4.79 Å². The summed E-state index contributed by atoms with van der Waals surface area (Å²) in [5, 5.41) is 2.43. The van der Waals surface area contributed by atoms with Gasteiger partial charge in [0.2, 0.25) is 0 Å². The van der Waals surface area contributed by atoms with Gasteiger partial charge in [-0.2, -0.15) is 0 Å². The summed E-state index contributed by atoms with van der Waals surface area (Å²) in [7, 11) is 0. The highest BCUT2D eigenvalue weighted by Crippen LogP contribution is 1.91. The van der Waals surface area contributed by atoms with Crippen LogP contribution in [0.1, 0.15) is 12.8 Å². The smallest absolute Gasteiger partial charge is 0.312 e. The summed E-state index contributed by atoms with van der Waals surface area (Å²) in [4.78, 5) is 10.1. The first-order chi connectivity index (χ1) is 4.16. The van der Waals surface area contributed by atoms with Crippen molar-refractivity contribution in [1.82, 2.24) is 5.32 Å². The number of urea groups is 1. The van der Waals surface area contributed by atoms with Crippen LogP contribution in [0.3, 0.4) is 0 Å². The number of hydrogen-bond acceptors (Lipinski definition) is 1. The first kappa shape index (κ1) is 8.27. The molecule has 0 heterocycles. The number of carbonyl (C=O) groups excluding carboxylic acids is 1. The Morgan fingerprint density at radius 1 is 1.78 bits per heavy atom. The van der Waals surface area contributed by atoms with Crippen LogP contribution in [-0.2, 0) is 0 Å². The molecule has 0 aliphatic heterocycles. The van der Waals surface area contributed by atoms with Crippen LogP contribution in [0.2, 0.25) is 0 Å². The summed E-state index contributed by atoms with van der Waals surface area (Å²) in [6.45, 7) is 7.22. The molecular formula is C6H12N2O. The summed E-state index contributed by atoms with van der Waals surface area (Å²) in [6.07, 6.45) is 1.53. The van der Waals surface area contributed by atoms with Gasteiger partial charge in [0.25, 0.3) is 0 Å². The molecule has 0 spiro atoms. The number of carbonyl (C=O) groups is 1. The van der Waals surface area contributed by atoms with Crippen LogP contribution in [0.5, 0.6) is 0 Å². The van der Waals surface area contributed by atoms with Gasteiger partial charge in [0.1, 0.15) is 0 Å². The van der Waals surface area contributed by atoms with Crippen LogP contribution >= 0.6 is 0 Å². The van der Waals surface area contributed by atoms with Crippen LogP contribution in [0.4, 0.5) is 4.79 Å². The minimum Gasteiger partial charge on any atom is -0.352 e. The minimum atomic E-state index is -0.525. The zero-order chi connectivity index (χ0) is 7.28. The molecule has 3 heteroatoms. The van der Waals surface area contributed by atoms with Crippen LogP contribution in [0, 0.1) is 13.8 Å². The van der Waals surface area contributed by atoms with Gasteiger partial charge in [-0.25, -0.2) is 4.79 Å². The minimum absolute atomic E-state index is 0.0972. The van der Waals surface area contributed by atoms with E-state index in [2.05, 4.69) is 19.2 Å². The Balaban J connectivity index is 3.26. The number of hydrogen-bond donors (Lipinski definition) is 2. The molecule has 0 aromatic heterocycles. The van der Waals surface area contributed by atoms with Crippen LogP contribution in [0.25, 0.3) is 0 Å². The molecule has 0 aromatic carbocycles. The summed E-state index contributed by atoms with van der Waals surface area (Å²) < 4.78 is 0. The third kappa shape index (κ3) is 5.14. The zero-order valence-electron chi connectivity index (χ0n) is 5.39. The van der Waals surface area contributed by atoms with Crippen LogP contribution in [0.15, 0.2) is 0 Å². The first-order valence-corrected chi connectivity index (χ1v) is 2.85. The van der Waals surface area contributed by atoms with Gasteiger partial charge in [0.05, 0.1) is 0 Å². The number of rotatable bonds is 3. The lowest BCUT2D eigenvalue weighted by Gasteiger charge is -2.08. The van der Waals surface area contributed by atoms with Crippen molar-refractivity contribution in [2.75, 3.05) is 0 Å². The van der Waals surface area contributed by atoms with Crippen LogP contribution < -0.4 is 11.1 Å². The molecule has 0 fully saturated rings. The van der Waals surface area contributed by atoms with E-state index in [1.165, 1.54) is 0 Å². The normalized spacial score (nSPS) is 12.7. The molecular weight excluding hydrogens is 116 g/mol. The number of amides is 2. The van der Waals surface area contributed by atoms with E-state index in [0.29, 0.717) is 0 Å².